The monoisotopic (exact) mass is 350 g/mol. The molecule has 0 saturated carbocycles. The molecule has 1 saturated heterocycles. The Labute approximate surface area is 144 Å². The van der Waals surface area contributed by atoms with Gasteiger partial charge in [-0.2, -0.15) is 0 Å². The molecule has 1 fully saturated rings. The van der Waals surface area contributed by atoms with E-state index in [0.717, 1.165) is 24.6 Å². The Morgan fingerprint density at radius 1 is 1.54 bits per heavy atom. The van der Waals surface area contributed by atoms with Crippen molar-refractivity contribution in [2.75, 3.05) is 31.7 Å². The molecular weight excluding hydrogens is 328 g/mol. The fourth-order valence-corrected chi connectivity index (χ4v) is 3.94. The molecule has 0 amide bonds. The summed E-state index contributed by atoms with van der Waals surface area (Å²) in [5, 5.41) is 10.4. The number of carboxylic acid groups (broad SMARTS) is 1. The van der Waals surface area contributed by atoms with Crippen molar-refractivity contribution in [2.45, 2.75) is 26.3 Å². The first kappa shape index (κ1) is 16.9. The summed E-state index contributed by atoms with van der Waals surface area (Å²) in [5.41, 5.74) is 0.446. The van der Waals surface area contributed by atoms with Gasteiger partial charge in [-0.05, 0) is 18.8 Å². The molecule has 130 valence electrons. The summed E-state index contributed by atoms with van der Waals surface area (Å²) in [4.78, 5) is 23.1. The third-order valence-corrected chi connectivity index (χ3v) is 5.31. The van der Waals surface area contributed by atoms with Crippen LogP contribution in [0.25, 0.3) is 11.5 Å². The van der Waals surface area contributed by atoms with Gasteiger partial charge in [0.15, 0.2) is 11.0 Å². The van der Waals surface area contributed by atoms with Crippen LogP contribution in [0.3, 0.4) is 0 Å². The molecule has 1 atom stereocenters. The minimum Gasteiger partial charge on any atom is -0.477 e. The van der Waals surface area contributed by atoms with Crippen molar-refractivity contribution in [1.29, 1.82) is 0 Å². The van der Waals surface area contributed by atoms with Crippen LogP contribution in [0.5, 0.6) is 0 Å². The molecule has 0 bridgehead atoms. The number of thiazole rings is 1. The number of aromatic nitrogens is 3. The molecule has 1 aliphatic heterocycles. The molecule has 8 heteroatoms. The summed E-state index contributed by atoms with van der Waals surface area (Å²) in [6, 6.07) is 0. The quantitative estimate of drug-likeness (QED) is 0.862. The van der Waals surface area contributed by atoms with Crippen LogP contribution in [-0.2, 0) is 11.3 Å². The maximum absolute atomic E-state index is 11.7. The lowest BCUT2D eigenvalue weighted by Gasteiger charge is -2.30. The van der Waals surface area contributed by atoms with Gasteiger partial charge in [0.25, 0.3) is 0 Å². The van der Waals surface area contributed by atoms with Crippen molar-refractivity contribution in [1.82, 2.24) is 14.5 Å². The molecule has 24 heavy (non-hydrogen) atoms. The normalized spacial score (nSPS) is 18.1. The zero-order valence-corrected chi connectivity index (χ0v) is 14.8. The number of anilines is 1. The first-order valence-electron chi connectivity index (χ1n) is 8.09. The predicted molar refractivity (Wildman–Crippen MR) is 92.8 cm³/mol. The fraction of sp³-hybridized carbons (Fsp3) is 0.562. The third-order valence-electron chi connectivity index (χ3n) is 4.20. The van der Waals surface area contributed by atoms with Gasteiger partial charge in [-0.3, -0.25) is 0 Å². The van der Waals surface area contributed by atoms with E-state index in [0.29, 0.717) is 30.6 Å². The standard InChI is InChI=1S/C16H22N4O3S/c1-11-4-3-6-20(10-11)16-18-12(13(24-16)15(21)22)14-17-5-7-19(14)8-9-23-2/h5,7,11H,3-4,6,8-10H2,1-2H3,(H,21,22)/t11-/m1/s1. The number of aromatic carboxylic acids is 1. The predicted octanol–water partition coefficient (Wildman–Crippen LogP) is 2.59. The number of methoxy groups -OCH3 is 1. The second kappa shape index (κ2) is 7.31. The molecule has 2 aromatic rings. The van der Waals surface area contributed by atoms with Gasteiger partial charge in [-0.25, -0.2) is 14.8 Å². The summed E-state index contributed by atoms with van der Waals surface area (Å²) in [5.74, 6) is 0.222. The number of carbonyl (C=O) groups is 1. The van der Waals surface area contributed by atoms with Crippen LogP contribution in [0.2, 0.25) is 0 Å². The number of imidazole rings is 1. The Bertz CT molecular complexity index is 712. The lowest BCUT2D eigenvalue weighted by molar-refractivity contribution is 0.0702. The second-order valence-corrected chi connectivity index (χ2v) is 7.09. The van der Waals surface area contributed by atoms with E-state index in [1.54, 1.807) is 13.3 Å². The lowest BCUT2D eigenvalue weighted by Crippen LogP contribution is -2.34. The largest absolute Gasteiger partial charge is 0.477 e. The van der Waals surface area contributed by atoms with E-state index in [1.165, 1.54) is 17.8 Å². The molecule has 3 heterocycles. The van der Waals surface area contributed by atoms with Crippen molar-refractivity contribution in [3.8, 4) is 11.5 Å². The van der Waals surface area contributed by atoms with Gasteiger partial charge in [-0.1, -0.05) is 18.3 Å². The molecule has 3 rings (SSSR count). The van der Waals surface area contributed by atoms with Gasteiger partial charge in [0.1, 0.15) is 10.6 Å². The molecule has 1 N–H and O–H groups in total. The molecule has 7 nitrogen and oxygen atoms in total. The van der Waals surface area contributed by atoms with E-state index in [-0.39, 0.29) is 4.88 Å². The van der Waals surface area contributed by atoms with Crippen LogP contribution < -0.4 is 4.90 Å². The summed E-state index contributed by atoms with van der Waals surface area (Å²) >= 11 is 1.24. The van der Waals surface area contributed by atoms with Crippen molar-refractivity contribution in [3.05, 3.63) is 17.3 Å². The van der Waals surface area contributed by atoms with Crippen LogP contribution in [0, 0.1) is 5.92 Å². The van der Waals surface area contributed by atoms with Gasteiger partial charge >= 0.3 is 5.97 Å². The number of nitrogens with zero attached hydrogens (tertiary/aromatic N) is 4. The highest BCUT2D eigenvalue weighted by molar-refractivity contribution is 7.17. The molecule has 0 aromatic carbocycles. The van der Waals surface area contributed by atoms with E-state index in [1.807, 2.05) is 10.8 Å². The third kappa shape index (κ3) is 3.44. The Morgan fingerprint density at radius 3 is 3.08 bits per heavy atom. The number of rotatable bonds is 6. The lowest BCUT2D eigenvalue weighted by atomic mass is 10.0. The molecule has 1 aliphatic rings. The Balaban J connectivity index is 1.95. The van der Waals surface area contributed by atoms with Crippen LogP contribution in [0.15, 0.2) is 12.4 Å². The molecule has 0 aliphatic carbocycles. The van der Waals surface area contributed by atoms with Crippen molar-refractivity contribution in [2.24, 2.45) is 5.92 Å². The maximum atomic E-state index is 11.7. The Kier molecular flexibility index (Phi) is 5.15. The summed E-state index contributed by atoms with van der Waals surface area (Å²) in [6.07, 6.45) is 5.81. The van der Waals surface area contributed by atoms with Crippen LogP contribution in [0.4, 0.5) is 5.13 Å². The van der Waals surface area contributed by atoms with Gasteiger partial charge in [0.2, 0.25) is 0 Å². The number of piperidine rings is 1. The molecule has 0 spiro atoms. The Hall–Kier alpha value is -1.93. The van der Waals surface area contributed by atoms with E-state index in [2.05, 4.69) is 21.8 Å². The van der Waals surface area contributed by atoms with Crippen molar-refractivity contribution < 1.29 is 14.6 Å². The van der Waals surface area contributed by atoms with Crippen LogP contribution >= 0.6 is 11.3 Å². The van der Waals surface area contributed by atoms with E-state index in [9.17, 15) is 9.90 Å². The van der Waals surface area contributed by atoms with Gasteiger partial charge in [-0.15, -0.1) is 0 Å². The number of ether oxygens (including phenoxy) is 1. The zero-order valence-electron chi connectivity index (χ0n) is 13.9. The van der Waals surface area contributed by atoms with Gasteiger partial charge < -0.3 is 19.3 Å². The first-order chi connectivity index (χ1) is 11.6. The summed E-state index contributed by atoms with van der Waals surface area (Å²) in [7, 11) is 1.64. The number of hydrogen-bond acceptors (Lipinski definition) is 6. The SMILES string of the molecule is COCCn1ccnc1-c1nc(N2CCC[C@@H](C)C2)sc1C(=O)O. The Morgan fingerprint density at radius 2 is 2.38 bits per heavy atom. The summed E-state index contributed by atoms with van der Waals surface area (Å²) in [6.45, 7) is 5.21. The zero-order chi connectivity index (χ0) is 17.1. The van der Waals surface area contributed by atoms with E-state index >= 15 is 0 Å². The molecular formula is C16H22N4O3S. The number of hydrogen-bond donors (Lipinski definition) is 1. The second-order valence-electron chi connectivity index (χ2n) is 6.11. The van der Waals surface area contributed by atoms with Crippen molar-refractivity contribution in [3.63, 3.8) is 0 Å². The highest BCUT2D eigenvalue weighted by atomic mass is 32.1. The first-order valence-corrected chi connectivity index (χ1v) is 8.91. The average molecular weight is 350 g/mol. The highest BCUT2D eigenvalue weighted by Crippen LogP contribution is 2.34. The van der Waals surface area contributed by atoms with Crippen LogP contribution in [-0.4, -0.2) is 52.4 Å². The van der Waals surface area contributed by atoms with Gasteiger partial charge in [0, 0.05) is 39.1 Å². The maximum Gasteiger partial charge on any atom is 0.348 e. The molecule has 2 aromatic heterocycles. The summed E-state index contributed by atoms with van der Waals surface area (Å²) < 4.78 is 6.99. The van der Waals surface area contributed by atoms with Crippen LogP contribution in [0.1, 0.15) is 29.4 Å². The highest BCUT2D eigenvalue weighted by Gasteiger charge is 2.26. The molecule has 0 unspecified atom stereocenters. The minimum absolute atomic E-state index is 0.244. The number of carboxylic acids is 1. The topological polar surface area (TPSA) is 80.5 Å². The van der Waals surface area contributed by atoms with Crippen molar-refractivity contribution >= 4 is 22.4 Å². The smallest absolute Gasteiger partial charge is 0.348 e. The van der Waals surface area contributed by atoms with Gasteiger partial charge in [0.05, 0.1) is 6.61 Å². The average Bonchev–Trinajstić information content (AvgIpc) is 3.19. The molecule has 0 radical (unpaired) electrons. The van der Waals surface area contributed by atoms with E-state index in [4.69, 9.17) is 4.74 Å². The fourth-order valence-electron chi connectivity index (χ4n) is 3.00. The minimum atomic E-state index is -0.958. The van der Waals surface area contributed by atoms with E-state index < -0.39 is 5.97 Å².